The highest BCUT2D eigenvalue weighted by Crippen LogP contribution is 2.16. The molecule has 0 radical (unpaired) electrons. The lowest BCUT2D eigenvalue weighted by molar-refractivity contribution is 0.254. The molecular weight excluding hydrogens is 232 g/mol. The summed E-state index contributed by atoms with van der Waals surface area (Å²) in [4.78, 5) is 0. The van der Waals surface area contributed by atoms with Crippen LogP contribution in [0.5, 0.6) is 5.75 Å². The van der Waals surface area contributed by atoms with Crippen molar-refractivity contribution < 1.29 is 14.3 Å². The average molecular weight is 248 g/mol. The van der Waals surface area contributed by atoms with Crippen molar-refractivity contribution in [3.63, 3.8) is 0 Å². The van der Waals surface area contributed by atoms with E-state index in [2.05, 4.69) is 10.2 Å². The number of aromatic nitrogens is 2. The van der Waals surface area contributed by atoms with Gasteiger partial charge < -0.3 is 14.3 Å². The van der Waals surface area contributed by atoms with Gasteiger partial charge in [-0.15, -0.1) is 10.2 Å². The van der Waals surface area contributed by atoms with E-state index in [1.54, 1.807) is 6.07 Å². The van der Waals surface area contributed by atoms with Crippen molar-refractivity contribution in [2.45, 2.75) is 33.0 Å². The molecule has 5 nitrogen and oxygen atoms in total. The molecule has 0 amide bonds. The Labute approximate surface area is 105 Å². The zero-order chi connectivity index (χ0) is 13.0. The number of aliphatic hydroxyl groups excluding tert-OH is 1. The quantitative estimate of drug-likeness (QED) is 0.879. The third kappa shape index (κ3) is 3.07. The zero-order valence-corrected chi connectivity index (χ0v) is 10.5. The molecule has 0 aliphatic heterocycles. The molecule has 0 atom stereocenters. The minimum atomic E-state index is -0.00471. The predicted octanol–water partition coefficient (Wildman–Crippen LogP) is 2.26. The molecule has 5 heteroatoms. The molecule has 0 aliphatic carbocycles. The van der Waals surface area contributed by atoms with Crippen LogP contribution in [0.25, 0.3) is 0 Å². The first kappa shape index (κ1) is 12.6. The van der Waals surface area contributed by atoms with Crippen molar-refractivity contribution in [3.05, 3.63) is 41.6 Å². The summed E-state index contributed by atoms with van der Waals surface area (Å²) in [5.74, 6) is 1.95. The Morgan fingerprint density at radius 1 is 1.33 bits per heavy atom. The highest BCUT2D eigenvalue weighted by molar-refractivity contribution is 5.27. The summed E-state index contributed by atoms with van der Waals surface area (Å²) < 4.78 is 10.9. The third-order valence-electron chi connectivity index (χ3n) is 2.42. The van der Waals surface area contributed by atoms with Crippen molar-refractivity contribution in [1.82, 2.24) is 10.2 Å². The van der Waals surface area contributed by atoms with Crippen LogP contribution in [0.4, 0.5) is 0 Å². The predicted molar refractivity (Wildman–Crippen MR) is 65.1 cm³/mol. The van der Waals surface area contributed by atoms with Crippen LogP contribution in [-0.4, -0.2) is 15.3 Å². The van der Waals surface area contributed by atoms with E-state index in [9.17, 15) is 0 Å². The Morgan fingerprint density at radius 3 is 2.83 bits per heavy atom. The van der Waals surface area contributed by atoms with Gasteiger partial charge in [-0.05, 0) is 17.7 Å². The zero-order valence-electron chi connectivity index (χ0n) is 10.5. The Kier molecular flexibility index (Phi) is 3.94. The fourth-order valence-electron chi connectivity index (χ4n) is 1.44. The van der Waals surface area contributed by atoms with Crippen molar-refractivity contribution in [3.8, 4) is 5.75 Å². The van der Waals surface area contributed by atoms with E-state index in [1.165, 1.54) is 0 Å². The molecule has 0 fully saturated rings. The van der Waals surface area contributed by atoms with E-state index in [1.807, 2.05) is 32.0 Å². The van der Waals surface area contributed by atoms with Crippen LogP contribution in [0.1, 0.15) is 37.1 Å². The maximum absolute atomic E-state index is 9.02. The van der Waals surface area contributed by atoms with Crippen LogP contribution in [0.15, 0.2) is 28.7 Å². The van der Waals surface area contributed by atoms with Crippen molar-refractivity contribution in [2.24, 2.45) is 0 Å². The Bertz CT molecular complexity index is 508. The van der Waals surface area contributed by atoms with Crippen molar-refractivity contribution >= 4 is 0 Å². The lowest BCUT2D eigenvalue weighted by Crippen LogP contribution is -1.96. The number of rotatable bonds is 5. The van der Waals surface area contributed by atoms with Gasteiger partial charge in [0, 0.05) is 5.92 Å². The molecule has 0 bridgehead atoms. The molecule has 18 heavy (non-hydrogen) atoms. The second-order valence-corrected chi connectivity index (χ2v) is 4.28. The van der Waals surface area contributed by atoms with E-state index in [-0.39, 0.29) is 19.1 Å². The monoisotopic (exact) mass is 248 g/mol. The summed E-state index contributed by atoms with van der Waals surface area (Å²) in [7, 11) is 0. The second-order valence-electron chi connectivity index (χ2n) is 4.28. The maximum Gasteiger partial charge on any atom is 0.253 e. The van der Waals surface area contributed by atoms with Gasteiger partial charge >= 0.3 is 0 Å². The molecule has 0 saturated carbocycles. The van der Waals surface area contributed by atoms with Gasteiger partial charge in [-0.1, -0.05) is 26.0 Å². The lowest BCUT2D eigenvalue weighted by Gasteiger charge is -2.04. The number of nitrogens with zero attached hydrogens (tertiary/aromatic N) is 2. The van der Waals surface area contributed by atoms with Crippen LogP contribution in [0.2, 0.25) is 0 Å². The first-order valence-corrected chi connectivity index (χ1v) is 5.84. The smallest absolute Gasteiger partial charge is 0.253 e. The van der Waals surface area contributed by atoms with E-state index in [0.717, 1.165) is 5.56 Å². The summed E-state index contributed by atoms with van der Waals surface area (Å²) >= 11 is 0. The van der Waals surface area contributed by atoms with Crippen molar-refractivity contribution in [1.29, 1.82) is 0 Å². The van der Waals surface area contributed by atoms with Gasteiger partial charge in [0.2, 0.25) is 5.89 Å². The van der Waals surface area contributed by atoms with E-state index in [4.69, 9.17) is 14.3 Å². The maximum atomic E-state index is 9.02. The molecule has 1 heterocycles. The first-order valence-electron chi connectivity index (χ1n) is 5.84. The molecule has 2 rings (SSSR count). The van der Waals surface area contributed by atoms with Gasteiger partial charge in [-0.2, -0.15) is 0 Å². The average Bonchev–Trinajstić information content (AvgIpc) is 2.85. The van der Waals surface area contributed by atoms with Gasteiger partial charge in [0.25, 0.3) is 5.89 Å². The van der Waals surface area contributed by atoms with Gasteiger partial charge in [0.05, 0.1) is 6.61 Å². The van der Waals surface area contributed by atoms with Crippen molar-refractivity contribution in [2.75, 3.05) is 0 Å². The minimum Gasteiger partial charge on any atom is -0.484 e. The summed E-state index contributed by atoms with van der Waals surface area (Å²) in [5, 5.41) is 16.8. The molecule has 0 spiro atoms. The fraction of sp³-hybridized carbons (Fsp3) is 0.385. The molecule has 0 aliphatic rings. The molecular formula is C13H16N2O3. The van der Waals surface area contributed by atoms with E-state index >= 15 is 0 Å². The molecule has 0 saturated heterocycles. The topological polar surface area (TPSA) is 68.4 Å². The Balaban J connectivity index is 1.97. The van der Waals surface area contributed by atoms with Gasteiger partial charge in [-0.25, -0.2) is 0 Å². The molecule has 96 valence electrons. The van der Waals surface area contributed by atoms with E-state index < -0.39 is 0 Å². The lowest BCUT2D eigenvalue weighted by atomic mass is 10.2. The fourth-order valence-corrected chi connectivity index (χ4v) is 1.44. The van der Waals surface area contributed by atoms with Crippen LogP contribution in [0.3, 0.4) is 0 Å². The standard InChI is InChI=1S/C13H16N2O3/c1-9(2)13-15-14-12(18-13)8-17-11-5-3-4-10(6-11)7-16/h3-6,9,16H,7-8H2,1-2H3. The van der Waals surface area contributed by atoms with Crippen LogP contribution < -0.4 is 4.74 Å². The van der Waals surface area contributed by atoms with Gasteiger partial charge in [0.15, 0.2) is 6.61 Å². The second kappa shape index (κ2) is 5.64. The number of hydrogen-bond donors (Lipinski definition) is 1. The summed E-state index contributed by atoms with van der Waals surface area (Å²) in [5.41, 5.74) is 0.806. The van der Waals surface area contributed by atoms with Gasteiger partial charge in [-0.3, -0.25) is 0 Å². The molecule has 0 unspecified atom stereocenters. The molecule has 2 aromatic rings. The summed E-state index contributed by atoms with van der Waals surface area (Å²) in [6, 6.07) is 7.25. The SMILES string of the molecule is CC(C)c1nnc(COc2cccc(CO)c2)o1. The van der Waals surface area contributed by atoms with E-state index in [0.29, 0.717) is 17.5 Å². The highest BCUT2D eigenvalue weighted by Gasteiger charge is 2.09. The minimum absolute atomic E-state index is 0.00471. The number of benzene rings is 1. The van der Waals surface area contributed by atoms with Crippen LogP contribution in [0, 0.1) is 0 Å². The Hall–Kier alpha value is -1.88. The molecule has 1 aromatic carbocycles. The molecule has 1 aromatic heterocycles. The number of aliphatic hydroxyl groups is 1. The largest absolute Gasteiger partial charge is 0.484 e. The Morgan fingerprint density at radius 2 is 2.17 bits per heavy atom. The summed E-state index contributed by atoms with van der Waals surface area (Å²) in [6.45, 7) is 4.20. The number of hydrogen-bond acceptors (Lipinski definition) is 5. The molecule has 1 N–H and O–H groups in total. The van der Waals surface area contributed by atoms with Crippen LogP contribution >= 0.6 is 0 Å². The normalized spacial score (nSPS) is 10.9. The first-order chi connectivity index (χ1) is 8.69. The van der Waals surface area contributed by atoms with Gasteiger partial charge in [0.1, 0.15) is 5.75 Å². The number of ether oxygens (including phenoxy) is 1. The van der Waals surface area contributed by atoms with Crippen LogP contribution in [-0.2, 0) is 13.2 Å². The highest BCUT2D eigenvalue weighted by atomic mass is 16.5. The summed E-state index contributed by atoms with van der Waals surface area (Å²) in [6.07, 6.45) is 0. The third-order valence-corrected chi connectivity index (χ3v) is 2.42.